The second-order valence-corrected chi connectivity index (χ2v) is 36.5. The van der Waals surface area contributed by atoms with Gasteiger partial charge in [0.05, 0.1) is 0 Å². The Bertz CT molecular complexity index is 1050. The summed E-state index contributed by atoms with van der Waals surface area (Å²) in [5, 5.41) is 0. The number of benzene rings is 2. The SMILES string of the molecule is CCc1cccc(C2=[C]([Zr+2]([C]3=C(c4cccc(CC)c4)C=CC3)=[Ge]([CH3])[CH3])CC=C2)c1.[Cl-].[Cl-]. The molecule has 2 aromatic rings. The zero-order valence-electron chi connectivity index (χ0n) is 19.5. The molecule has 0 nitrogen and oxygen atoms in total. The second-order valence-electron chi connectivity index (χ2n) is 8.48. The first-order valence-electron chi connectivity index (χ1n) is 11.3. The van der Waals surface area contributed by atoms with E-state index in [2.05, 4.69) is 98.2 Å². The molecule has 0 aliphatic heterocycles. The van der Waals surface area contributed by atoms with Crippen molar-refractivity contribution in [2.45, 2.75) is 51.0 Å². The molecule has 0 radical (unpaired) electrons. The minimum atomic E-state index is -1.85. The Labute approximate surface area is 215 Å². The number of hydrogen-bond acceptors (Lipinski definition) is 0. The Morgan fingerprint density at radius 1 is 0.719 bits per heavy atom. The number of halogens is 2. The smallest absolute Gasteiger partial charge is 1.00 e. The van der Waals surface area contributed by atoms with E-state index in [4.69, 9.17) is 0 Å². The summed E-state index contributed by atoms with van der Waals surface area (Å²) in [4.78, 5) is 0. The molecule has 0 atom stereocenters. The van der Waals surface area contributed by atoms with E-state index in [1.807, 2.05) is 6.56 Å². The van der Waals surface area contributed by atoms with Gasteiger partial charge in [0.2, 0.25) is 0 Å². The molecule has 0 saturated carbocycles. The first-order valence-corrected chi connectivity index (χ1v) is 25.4. The third-order valence-corrected chi connectivity index (χ3v) is 33.9. The van der Waals surface area contributed by atoms with Crippen LogP contribution in [-0.2, 0) is 31.5 Å². The molecule has 4 rings (SSSR count). The van der Waals surface area contributed by atoms with Crippen molar-refractivity contribution < 1.29 is 43.4 Å². The second kappa shape index (κ2) is 12.8. The Hall–Kier alpha value is -0.594. The average Bonchev–Trinajstić information content (AvgIpc) is 3.44. The number of rotatable bonds is 6. The first kappa shape index (κ1) is 27.6. The summed E-state index contributed by atoms with van der Waals surface area (Å²) < 4.78 is 3.74. The summed E-state index contributed by atoms with van der Waals surface area (Å²) in [7, 11) is -1.06. The van der Waals surface area contributed by atoms with Crippen molar-refractivity contribution in [3.05, 3.63) is 102 Å². The molecule has 0 N–H and O–H groups in total. The Morgan fingerprint density at radius 2 is 1.16 bits per heavy atom. The average molecular weight is 603 g/mol. The van der Waals surface area contributed by atoms with Crippen molar-refractivity contribution in [1.29, 1.82) is 0 Å². The van der Waals surface area contributed by atoms with Gasteiger partial charge in [0.25, 0.3) is 0 Å². The topological polar surface area (TPSA) is 0 Å². The van der Waals surface area contributed by atoms with E-state index >= 15 is 0 Å². The molecule has 166 valence electrons. The fourth-order valence-corrected chi connectivity index (χ4v) is 33.5. The summed E-state index contributed by atoms with van der Waals surface area (Å²) in [5.41, 5.74) is 8.97. The molecule has 0 aromatic heterocycles. The van der Waals surface area contributed by atoms with E-state index in [-0.39, 0.29) is 24.8 Å². The summed E-state index contributed by atoms with van der Waals surface area (Å²) in [5.74, 6) is 5.29. The van der Waals surface area contributed by atoms with Gasteiger partial charge in [-0.05, 0) is 0 Å². The van der Waals surface area contributed by atoms with E-state index in [0.29, 0.717) is 0 Å². The summed E-state index contributed by atoms with van der Waals surface area (Å²) >= 11 is -1.85. The van der Waals surface area contributed by atoms with Gasteiger partial charge in [-0.2, -0.15) is 0 Å². The maximum atomic E-state index is 2.64. The monoisotopic (exact) mass is 602 g/mol. The van der Waals surface area contributed by atoms with Crippen LogP contribution >= 0.6 is 0 Å². The Kier molecular flexibility index (Phi) is 11.0. The van der Waals surface area contributed by atoms with Crippen LogP contribution in [0.25, 0.3) is 11.1 Å². The van der Waals surface area contributed by atoms with Gasteiger partial charge in [0.15, 0.2) is 0 Å². The van der Waals surface area contributed by atoms with Crippen molar-refractivity contribution >= 4 is 21.1 Å². The van der Waals surface area contributed by atoms with E-state index in [0.717, 1.165) is 12.8 Å². The number of aryl methyl sites for hydroxylation is 2. The number of hydrogen-bond donors (Lipinski definition) is 0. The summed E-state index contributed by atoms with van der Waals surface area (Å²) in [6.07, 6.45) is 14.4. The third-order valence-electron chi connectivity index (χ3n) is 6.26. The molecule has 0 heterocycles. The first-order chi connectivity index (χ1) is 14.6. The summed E-state index contributed by atoms with van der Waals surface area (Å²) in [6.45, 7) is 4.52. The molecule has 2 aromatic carbocycles. The molecule has 0 amide bonds. The van der Waals surface area contributed by atoms with Gasteiger partial charge in [-0.3, -0.25) is 0 Å². The van der Waals surface area contributed by atoms with Crippen molar-refractivity contribution in [3.8, 4) is 0 Å². The molecule has 0 spiro atoms. The van der Waals surface area contributed by atoms with Gasteiger partial charge in [-0.15, -0.1) is 0 Å². The zero-order valence-corrected chi connectivity index (χ0v) is 25.6. The van der Waals surface area contributed by atoms with Crippen LogP contribution in [0.4, 0.5) is 0 Å². The maximum Gasteiger partial charge on any atom is -1.00 e. The van der Waals surface area contributed by atoms with Gasteiger partial charge < -0.3 is 24.8 Å². The van der Waals surface area contributed by atoms with E-state index < -0.39 is 28.6 Å². The van der Waals surface area contributed by atoms with Gasteiger partial charge in [0.1, 0.15) is 0 Å². The molecule has 2 aliphatic carbocycles. The van der Waals surface area contributed by atoms with Crippen LogP contribution < -0.4 is 24.8 Å². The van der Waals surface area contributed by atoms with Crippen LogP contribution in [0.15, 0.2) is 79.4 Å². The molecule has 0 saturated heterocycles. The molecular formula is C28H32Cl2GeZr. The van der Waals surface area contributed by atoms with Crippen LogP contribution in [-0.4, -0.2) is 9.98 Å². The maximum absolute atomic E-state index is 2.64. The number of allylic oxidation sites excluding steroid dienone is 8. The van der Waals surface area contributed by atoms with Crippen molar-refractivity contribution in [2.24, 2.45) is 0 Å². The molecule has 2 aliphatic rings. The Balaban J connectivity index is 0.00000181. The molecule has 4 heteroatoms. The molecule has 0 unspecified atom stereocenters. The third kappa shape index (κ3) is 5.90. The van der Waals surface area contributed by atoms with Gasteiger partial charge in [-0.1, -0.05) is 0 Å². The van der Waals surface area contributed by atoms with Gasteiger partial charge >= 0.3 is 192 Å². The van der Waals surface area contributed by atoms with E-state index in [1.54, 1.807) is 11.1 Å². The van der Waals surface area contributed by atoms with Crippen molar-refractivity contribution in [3.63, 3.8) is 0 Å². The van der Waals surface area contributed by atoms with Crippen LogP contribution in [0.2, 0.25) is 11.5 Å². The quantitative estimate of drug-likeness (QED) is 0.442. The largest absolute Gasteiger partial charge is 1.00 e. The minimum Gasteiger partial charge on any atom is -1.00 e. The van der Waals surface area contributed by atoms with Gasteiger partial charge in [-0.25, -0.2) is 0 Å². The van der Waals surface area contributed by atoms with Crippen molar-refractivity contribution in [1.82, 2.24) is 0 Å². The van der Waals surface area contributed by atoms with Crippen molar-refractivity contribution in [2.75, 3.05) is 0 Å². The van der Waals surface area contributed by atoms with Crippen LogP contribution in [0, 0.1) is 0 Å². The predicted molar refractivity (Wildman–Crippen MR) is 130 cm³/mol. The Morgan fingerprint density at radius 3 is 1.53 bits per heavy atom. The molecule has 32 heavy (non-hydrogen) atoms. The van der Waals surface area contributed by atoms with Crippen LogP contribution in [0.1, 0.15) is 48.9 Å². The zero-order chi connectivity index (χ0) is 21.1. The normalized spacial score (nSPS) is 14.2. The fraction of sp³-hybridized carbons (Fsp3) is 0.286. The standard InChI is InChI=1S/2C13H13.C2H6Ge.2ClH.Zr/c2*1-2-11-6-5-9-13(10-11)12-7-3-4-8-12;1-3-2;;;/h2*3,5-7,9-10H,2,4H2,1H3;1-2H3;2*1H;/q;;;;;+2/p-2. The predicted octanol–water partition coefficient (Wildman–Crippen LogP) is 1.73. The van der Waals surface area contributed by atoms with E-state index in [9.17, 15) is 0 Å². The van der Waals surface area contributed by atoms with Gasteiger partial charge in [0, 0.05) is 0 Å². The summed E-state index contributed by atoms with van der Waals surface area (Å²) in [6, 6.07) is 18.6. The molecule has 0 bridgehead atoms. The molecule has 0 fully saturated rings. The molecular weight excluding hydrogens is 571 g/mol. The minimum absolute atomic E-state index is 0. The van der Waals surface area contributed by atoms with E-state index in [1.165, 1.54) is 35.1 Å². The fourth-order valence-electron chi connectivity index (χ4n) is 4.73. The van der Waals surface area contributed by atoms with Crippen LogP contribution in [0.5, 0.6) is 0 Å². The van der Waals surface area contributed by atoms with Crippen LogP contribution in [0.3, 0.4) is 0 Å².